The maximum absolute atomic E-state index is 12.7. The number of thiophene rings is 1. The van der Waals surface area contributed by atoms with Crippen molar-refractivity contribution in [3.8, 4) is 0 Å². The molecular weight excluding hydrogens is 294 g/mol. The Bertz CT molecular complexity index is 598. The second-order valence-electron chi connectivity index (χ2n) is 5.65. The zero-order valence-corrected chi connectivity index (χ0v) is 13.8. The molecule has 112 valence electrons. The Balaban J connectivity index is 2.20. The van der Waals surface area contributed by atoms with Crippen molar-refractivity contribution in [3.63, 3.8) is 0 Å². The van der Waals surface area contributed by atoms with Crippen LogP contribution >= 0.6 is 11.3 Å². The first-order valence-electron chi connectivity index (χ1n) is 6.77. The van der Waals surface area contributed by atoms with Crippen LogP contribution in [0.4, 0.5) is 0 Å². The summed E-state index contributed by atoms with van der Waals surface area (Å²) in [6.45, 7) is 2.50. The summed E-state index contributed by atoms with van der Waals surface area (Å²) in [5.74, 6) is -0.247. The SMILES string of the molecule is Cc1ccc(CN(C)C(=O)C2(S(C)(=O)=O)CCCC2)s1. The third kappa shape index (κ3) is 2.76. The molecule has 1 amide bonds. The van der Waals surface area contributed by atoms with Crippen molar-refractivity contribution in [2.24, 2.45) is 0 Å². The highest BCUT2D eigenvalue weighted by Crippen LogP contribution is 2.38. The first-order chi connectivity index (χ1) is 9.26. The van der Waals surface area contributed by atoms with Crippen LogP contribution < -0.4 is 0 Å². The van der Waals surface area contributed by atoms with Crippen LogP contribution in [-0.2, 0) is 21.2 Å². The van der Waals surface area contributed by atoms with Gasteiger partial charge in [-0.05, 0) is 31.9 Å². The second-order valence-corrected chi connectivity index (χ2v) is 9.35. The molecule has 1 fully saturated rings. The van der Waals surface area contributed by atoms with E-state index in [1.54, 1.807) is 23.3 Å². The molecule has 4 nitrogen and oxygen atoms in total. The molecule has 0 aromatic carbocycles. The molecule has 0 bridgehead atoms. The van der Waals surface area contributed by atoms with Gasteiger partial charge in [0.15, 0.2) is 14.6 Å². The number of rotatable bonds is 4. The standard InChI is InChI=1S/C14H21NO3S2/c1-11-6-7-12(19-11)10-15(2)13(16)14(20(3,17)18)8-4-5-9-14/h6-7H,4-5,8-10H2,1-3H3. The Hall–Kier alpha value is -0.880. The summed E-state index contributed by atoms with van der Waals surface area (Å²) in [4.78, 5) is 16.5. The van der Waals surface area contributed by atoms with Crippen LogP contribution in [-0.4, -0.2) is 37.3 Å². The predicted molar refractivity (Wildman–Crippen MR) is 81.6 cm³/mol. The summed E-state index contributed by atoms with van der Waals surface area (Å²) >= 11 is 1.64. The molecule has 0 saturated heterocycles. The first-order valence-corrected chi connectivity index (χ1v) is 9.47. The highest BCUT2D eigenvalue weighted by molar-refractivity contribution is 7.92. The average Bonchev–Trinajstić information content (AvgIpc) is 2.97. The summed E-state index contributed by atoms with van der Waals surface area (Å²) in [6.07, 6.45) is 3.73. The molecular formula is C14H21NO3S2. The van der Waals surface area contributed by atoms with Crippen molar-refractivity contribution >= 4 is 27.1 Å². The van der Waals surface area contributed by atoms with Gasteiger partial charge < -0.3 is 4.90 Å². The van der Waals surface area contributed by atoms with E-state index in [0.29, 0.717) is 19.4 Å². The number of carbonyl (C=O) groups is 1. The van der Waals surface area contributed by atoms with E-state index in [4.69, 9.17) is 0 Å². The van der Waals surface area contributed by atoms with E-state index in [2.05, 4.69) is 0 Å². The quantitative estimate of drug-likeness (QED) is 0.857. The molecule has 1 aliphatic rings. The van der Waals surface area contributed by atoms with Gasteiger partial charge in [-0.3, -0.25) is 4.79 Å². The number of hydrogen-bond donors (Lipinski definition) is 0. The lowest BCUT2D eigenvalue weighted by Crippen LogP contribution is -2.50. The zero-order valence-electron chi connectivity index (χ0n) is 12.2. The molecule has 1 heterocycles. The van der Waals surface area contributed by atoms with Gasteiger partial charge in [0.2, 0.25) is 5.91 Å². The zero-order chi connectivity index (χ0) is 15.0. The number of nitrogens with zero attached hydrogens (tertiary/aromatic N) is 1. The van der Waals surface area contributed by atoms with Crippen molar-refractivity contribution in [1.82, 2.24) is 4.90 Å². The summed E-state index contributed by atoms with van der Waals surface area (Å²) in [7, 11) is -1.69. The molecule has 0 unspecified atom stereocenters. The monoisotopic (exact) mass is 315 g/mol. The van der Waals surface area contributed by atoms with Crippen molar-refractivity contribution in [2.45, 2.75) is 43.9 Å². The smallest absolute Gasteiger partial charge is 0.244 e. The van der Waals surface area contributed by atoms with Gasteiger partial charge in [0.05, 0.1) is 6.54 Å². The van der Waals surface area contributed by atoms with Crippen LogP contribution in [0.1, 0.15) is 35.4 Å². The maximum Gasteiger partial charge on any atom is 0.244 e. The Morgan fingerprint density at radius 2 is 1.95 bits per heavy atom. The fraction of sp³-hybridized carbons (Fsp3) is 0.643. The number of sulfone groups is 1. The molecule has 0 atom stereocenters. The molecule has 1 aromatic heterocycles. The normalized spacial score (nSPS) is 18.1. The molecule has 2 rings (SSSR count). The molecule has 6 heteroatoms. The van der Waals surface area contributed by atoms with Gasteiger partial charge in [-0.25, -0.2) is 8.42 Å². The fourth-order valence-electron chi connectivity index (χ4n) is 2.91. The molecule has 0 aliphatic heterocycles. The summed E-state index contributed by atoms with van der Waals surface area (Å²) < 4.78 is 23.0. The van der Waals surface area contributed by atoms with E-state index in [0.717, 1.165) is 17.7 Å². The minimum atomic E-state index is -3.38. The molecule has 0 spiro atoms. The van der Waals surface area contributed by atoms with Gasteiger partial charge >= 0.3 is 0 Å². The van der Waals surface area contributed by atoms with Crippen LogP contribution in [0.2, 0.25) is 0 Å². The average molecular weight is 315 g/mol. The van der Waals surface area contributed by atoms with Gasteiger partial charge in [0.1, 0.15) is 0 Å². The Morgan fingerprint density at radius 1 is 1.35 bits per heavy atom. The van der Waals surface area contributed by atoms with Crippen molar-refractivity contribution < 1.29 is 13.2 Å². The highest BCUT2D eigenvalue weighted by atomic mass is 32.2. The highest BCUT2D eigenvalue weighted by Gasteiger charge is 2.51. The third-order valence-electron chi connectivity index (χ3n) is 4.05. The minimum Gasteiger partial charge on any atom is -0.339 e. The number of hydrogen-bond acceptors (Lipinski definition) is 4. The lowest BCUT2D eigenvalue weighted by Gasteiger charge is -2.30. The molecule has 1 aromatic rings. The van der Waals surface area contributed by atoms with Gasteiger partial charge in [-0.15, -0.1) is 11.3 Å². The molecule has 20 heavy (non-hydrogen) atoms. The Labute approximate surface area is 124 Å². The summed E-state index contributed by atoms with van der Waals surface area (Å²) in [6, 6.07) is 4.01. The van der Waals surface area contributed by atoms with Crippen molar-refractivity contribution in [2.75, 3.05) is 13.3 Å². The van der Waals surface area contributed by atoms with Gasteiger partial charge in [0, 0.05) is 23.1 Å². The second kappa shape index (κ2) is 5.48. The first kappa shape index (κ1) is 15.5. The largest absolute Gasteiger partial charge is 0.339 e. The van der Waals surface area contributed by atoms with Crippen LogP contribution in [0, 0.1) is 6.92 Å². The minimum absolute atomic E-state index is 0.247. The molecule has 0 N–H and O–H groups in total. The molecule has 0 radical (unpaired) electrons. The third-order valence-corrected chi connectivity index (χ3v) is 7.03. The van der Waals surface area contributed by atoms with E-state index in [1.165, 1.54) is 11.1 Å². The lowest BCUT2D eigenvalue weighted by molar-refractivity contribution is -0.133. The maximum atomic E-state index is 12.7. The molecule has 1 aliphatic carbocycles. The number of aryl methyl sites for hydroxylation is 1. The van der Waals surface area contributed by atoms with E-state index in [9.17, 15) is 13.2 Å². The Morgan fingerprint density at radius 3 is 2.40 bits per heavy atom. The predicted octanol–water partition coefficient (Wildman–Crippen LogP) is 2.37. The lowest BCUT2D eigenvalue weighted by atomic mass is 10.1. The Kier molecular flexibility index (Phi) is 4.25. The van der Waals surface area contributed by atoms with E-state index in [-0.39, 0.29) is 5.91 Å². The fourth-order valence-corrected chi connectivity index (χ4v) is 5.36. The van der Waals surface area contributed by atoms with Crippen LogP contribution in [0.15, 0.2) is 12.1 Å². The van der Waals surface area contributed by atoms with Gasteiger partial charge in [-0.2, -0.15) is 0 Å². The van der Waals surface area contributed by atoms with Crippen LogP contribution in [0.25, 0.3) is 0 Å². The molecule has 1 saturated carbocycles. The topological polar surface area (TPSA) is 54.5 Å². The number of amides is 1. The van der Waals surface area contributed by atoms with E-state index in [1.807, 2.05) is 19.1 Å². The van der Waals surface area contributed by atoms with Crippen LogP contribution in [0.5, 0.6) is 0 Å². The van der Waals surface area contributed by atoms with E-state index >= 15 is 0 Å². The van der Waals surface area contributed by atoms with Crippen molar-refractivity contribution in [3.05, 3.63) is 21.9 Å². The van der Waals surface area contributed by atoms with Crippen LogP contribution in [0.3, 0.4) is 0 Å². The van der Waals surface area contributed by atoms with Crippen molar-refractivity contribution in [1.29, 1.82) is 0 Å². The van der Waals surface area contributed by atoms with Gasteiger partial charge in [0.25, 0.3) is 0 Å². The summed E-state index contributed by atoms with van der Waals surface area (Å²) in [5, 5.41) is 0. The van der Waals surface area contributed by atoms with Gasteiger partial charge in [-0.1, -0.05) is 12.8 Å². The summed E-state index contributed by atoms with van der Waals surface area (Å²) in [5.41, 5.74) is 0. The van der Waals surface area contributed by atoms with E-state index < -0.39 is 14.6 Å². The number of carbonyl (C=O) groups excluding carboxylic acids is 1.